The van der Waals surface area contributed by atoms with Crippen LogP contribution in [0.15, 0.2) is 22.1 Å². The van der Waals surface area contributed by atoms with E-state index in [1.165, 1.54) is 29.5 Å². The molecule has 2 aromatic rings. The van der Waals surface area contributed by atoms with Crippen molar-refractivity contribution in [2.75, 3.05) is 5.32 Å². The lowest BCUT2D eigenvalue weighted by Crippen LogP contribution is -1.91. The zero-order valence-electron chi connectivity index (χ0n) is 7.17. The minimum atomic E-state index is -0.356. The smallest absolute Gasteiger partial charge is 0.210 e. The van der Waals surface area contributed by atoms with Gasteiger partial charge in [0.2, 0.25) is 5.13 Å². The molecule has 0 fully saturated rings. The molecule has 0 unspecified atom stereocenters. The van der Waals surface area contributed by atoms with Gasteiger partial charge in [0.25, 0.3) is 0 Å². The molecule has 15 heavy (non-hydrogen) atoms. The van der Waals surface area contributed by atoms with Gasteiger partial charge in [-0.1, -0.05) is 22.9 Å². The third-order valence-corrected chi connectivity index (χ3v) is 3.17. The summed E-state index contributed by atoms with van der Waals surface area (Å²) in [6.45, 7) is 0. The van der Waals surface area contributed by atoms with E-state index in [0.29, 0.717) is 19.8 Å². The van der Waals surface area contributed by atoms with Crippen LogP contribution in [0.2, 0.25) is 5.02 Å². The number of rotatable bonds is 2. The first kappa shape index (κ1) is 10.8. The second-order valence-corrected chi connectivity index (χ2v) is 5.27. The van der Waals surface area contributed by atoms with Crippen molar-refractivity contribution in [2.24, 2.45) is 0 Å². The average Bonchev–Trinajstić information content (AvgIpc) is 2.58. The van der Waals surface area contributed by atoms with Crippen LogP contribution < -0.4 is 5.32 Å². The van der Waals surface area contributed by atoms with Crippen molar-refractivity contribution in [1.82, 2.24) is 10.2 Å². The van der Waals surface area contributed by atoms with Crippen LogP contribution >= 0.6 is 38.9 Å². The Morgan fingerprint density at radius 1 is 1.40 bits per heavy atom. The van der Waals surface area contributed by atoms with E-state index < -0.39 is 0 Å². The molecule has 0 spiro atoms. The van der Waals surface area contributed by atoms with Crippen molar-refractivity contribution >= 4 is 49.7 Å². The van der Waals surface area contributed by atoms with Crippen molar-refractivity contribution in [3.8, 4) is 0 Å². The molecule has 0 saturated heterocycles. The van der Waals surface area contributed by atoms with E-state index in [-0.39, 0.29) is 5.82 Å². The fourth-order valence-corrected chi connectivity index (χ4v) is 2.15. The monoisotopic (exact) mass is 307 g/mol. The first-order valence-corrected chi connectivity index (χ1v) is 5.85. The van der Waals surface area contributed by atoms with Crippen LogP contribution in [-0.4, -0.2) is 10.2 Å². The van der Waals surface area contributed by atoms with Crippen LogP contribution in [0.25, 0.3) is 0 Å². The summed E-state index contributed by atoms with van der Waals surface area (Å²) in [5.41, 5.74) is 0.473. The first-order valence-electron chi connectivity index (χ1n) is 3.86. The van der Waals surface area contributed by atoms with E-state index in [1.807, 2.05) is 0 Å². The molecule has 0 aliphatic carbocycles. The molecule has 0 radical (unpaired) electrons. The van der Waals surface area contributed by atoms with E-state index in [4.69, 9.17) is 11.6 Å². The lowest BCUT2D eigenvalue weighted by Gasteiger charge is -2.03. The highest BCUT2D eigenvalue weighted by atomic mass is 79.9. The molecule has 2 rings (SSSR count). The molecule has 7 heteroatoms. The Kier molecular flexibility index (Phi) is 3.18. The molecule has 1 N–H and O–H groups in total. The Morgan fingerprint density at radius 2 is 2.20 bits per heavy atom. The molecule has 1 heterocycles. The normalized spacial score (nSPS) is 10.3. The van der Waals surface area contributed by atoms with Crippen LogP contribution in [0, 0.1) is 5.82 Å². The summed E-state index contributed by atoms with van der Waals surface area (Å²) in [5.74, 6) is -0.356. The number of halogens is 3. The van der Waals surface area contributed by atoms with Gasteiger partial charge in [-0.3, -0.25) is 0 Å². The van der Waals surface area contributed by atoms with Gasteiger partial charge < -0.3 is 5.32 Å². The molecule has 0 bridgehead atoms. The Labute approximate surface area is 102 Å². The summed E-state index contributed by atoms with van der Waals surface area (Å²) in [6.07, 6.45) is 0. The molecule has 1 aromatic heterocycles. The quantitative estimate of drug-likeness (QED) is 0.916. The summed E-state index contributed by atoms with van der Waals surface area (Å²) >= 11 is 10.3. The van der Waals surface area contributed by atoms with Crippen LogP contribution in [0.3, 0.4) is 0 Å². The van der Waals surface area contributed by atoms with Crippen LogP contribution in [-0.2, 0) is 0 Å². The van der Waals surface area contributed by atoms with Gasteiger partial charge in [0, 0.05) is 0 Å². The van der Waals surface area contributed by atoms with Gasteiger partial charge in [-0.2, -0.15) is 0 Å². The maximum atomic E-state index is 12.9. The average molecular weight is 309 g/mol. The summed E-state index contributed by atoms with van der Waals surface area (Å²) in [7, 11) is 0. The number of aromatic nitrogens is 2. The van der Waals surface area contributed by atoms with E-state index in [1.54, 1.807) is 0 Å². The van der Waals surface area contributed by atoms with Crippen molar-refractivity contribution in [1.29, 1.82) is 0 Å². The van der Waals surface area contributed by atoms with Gasteiger partial charge in [-0.15, -0.1) is 10.2 Å². The maximum absolute atomic E-state index is 12.9. The standard InChI is InChI=1S/C8H4BrClFN3S/c9-7-13-14-8(15-7)12-6-3-4(11)1-2-5(6)10/h1-3H,(H,12,14). The zero-order valence-corrected chi connectivity index (χ0v) is 10.3. The van der Waals surface area contributed by atoms with E-state index in [9.17, 15) is 4.39 Å². The van der Waals surface area contributed by atoms with Gasteiger partial charge in [-0.25, -0.2) is 4.39 Å². The fourth-order valence-electron chi connectivity index (χ4n) is 0.964. The summed E-state index contributed by atoms with van der Waals surface area (Å²) in [4.78, 5) is 0. The number of hydrogen-bond donors (Lipinski definition) is 1. The lowest BCUT2D eigenvalue weighted by atomic mass is 10.3. The first-order chi connectivity index (χ1) is 7.15. The molecular weight excluding hydrogens is 305 g/mol. The predicted octanol–water partition coefficient (Wildman–Crippen LogP) is 3.84. The molecule has 0 saturated carbocycles. The molecule has 1 aromatic carbocycles. The predicted molar refractivity (Wildman–Crippen MR) is 62.3 cm³/mol. The van der Waals surface area contributed by atoms with Gasteiger partial charge in [0.05, 0.1) is 10.7 Å². The molecule has 0 aliphatic heterocycles. The number of hydrogen-bond acceptors (Lipinski definition) is 4. The number of nitrogens with zero attached hydrogens (tertiary/aromatic N) is 2. The van der Waals surface area contributed by atoms with E-state index in [2.05, 4.69) is 31.4 Å². The highest BCUT2D eigenvalue weighted by molar-refractivity contribution is 9.11. The third kappa shape index (κ3) is 2.64. The Bertz CT molecular complexity index is 490. The van der Waals surface area contributed by atoms with Crippen LogP contribution in [0.5, 0.6) is 0 Å². The zero-order chi connectivity index (χ0) is 10.8. The summed E-state index contributed by atoms with van der Waals surface area (Å²) < 4.78 is 13.6. The van der Waals surface area contributed by atoms with Crippen LogP contribution in [0.4, 0.5) is 15.2 Å². The Hall–Kier alpha value is -0.720. The van der Waals surface area contributed by atoms with Gasteiger partial charge in [0.1, 0.15) is 5.82 Å². The number of benzene rings is 1. The van der Waals surface area contributed by atoms with Crippen molar-refractivity contribution < 1.29 is 4.39 Å². The fraction of sp³-hybridized carbons (Fsp3) is 0. The number of nitrogens with one attached hydrogen (secondary N) is 1. The maximum Gasteiger partial charge on any atom is 0.210 e. The highest BCUT2D eigenvalue weighted by Crippen LogP contribution is 2.28. The summed E-state index contributed by atoms with van der Waals surface area (Å²) in [6, 6.07) is 4.08. The van der Waals surface area contributed by atoms with E-state index in [0.717, 1.165) is 0 Å². The largest absolute Gasteiger partial charge is 0.329 e. The van der Waals surface area contributed by atoms with Crippen LogP contribution in [0.1, 0.15) is 0 Å². The lowest BCUT2D eigenvalue weighted by molar-refractivity contribution is 0.628. The van der Waals surface area contributed by atoms with Crippen molar-refractivity contribution in [3.63, 3.8) is 0 Å². The minimum absolute atomic E-state index is 0.356. The van der Waals surface area contributed by atoms with E-state index >= 15 is 0 Å². The molecule has 0 aliphatic rings. The van der Waals surface area contributed by atoms with Crippen molar-refractivity contribution in [3.05, 3.63) is 33.0 Å². The molecule has 0 atom stereocenters. The molecular formula is C8H4BrClFN3S. The van der Waals surface area contributed by atoms with Gasteiger partial charge in [0.15, 0.2) is 3.92 Å². The third-order valence-electron chi connectivity index (χ3n) is 1.57. The Morgan fingerprint density at radius 3 is 2.87 bits per heavy atom. The second kappa shape index (κ2) is 4.42. The van der Waals surface area contributed by atoms with Crippen molar-refractivity contribution in [2.45, 2.75) is 0 Å². The summed E-state index contributed by atoms with van der Waals surface area (Å²) in [5, 5.41) is 11.4. The second-order valence-electron chi connectivity index (χ2n) is 2.61. The SMILES string of the molecule is Fc1ccc(Cl)c(Nc2nnc(Br)s2)c1. The topological polar surface area (TPSA) is 37.8 Å². The molecule has 3 nitrogen and oxygen atoms in total. The number of anilines is 2. The Balaban J connectivity index is 2.27. The van der Waals surface area contributed by atoms with Gasteiger partial charge >= 0.3 is 0 Å². The molecule has 78 valence electrons. The van der Waals surface area contributed by atoms with Gasteiger partial charge in [-0.05, 0) is 34.1 Å². The highest BCUT2D eigenvalue weighted by Gasteiger charge is 2.05. The molecule has 0 amide bonds. The minimum Gasteiger partial charge on any atom is -0.329 e.